The predicted octanol–water partition coefficient (Wildman–Crippen LogP) is 3.39. The molecule has 9 heteroatoms. The molecule has 1 heterocycles. The number of aryl methyl sites for hydroxylation is 1. The van der Waals surface area contributed by atoms with Gasteiger partial charge in [-0.25, -0.2) is 9.59 Å². The maximum Gasteiger partial charge on any atom is 0.338 e. The number of amides is 1. The van der Waals surface area contributed by atoms with Crippen LogP contribution in [0, 0.1) is 6.92 Å². The Labute approximate surface area is 178 Å². The third-order valence-electron chi connectivity index (χ3n) is 4.30. The van der Waals surface area contributed by atoms with Crippen molar-refractivity contribution >= 4 is 35.1 Å². The van der Waals surface area contributed by atoms with E-state index in [-0.39, 0.29) is 16.1 Å². The van der Waals surface area contributed by atoms with Crippen molar-refractivity contribution in [2.24, 2.45) is 0 Å². The van der Waals surface area contributed by atoms with Crippen molar-refractivity contribution in [1.29, 1.82) is 0 Å². The number of carbonyl (C=O) groups excluding carboxylic acids is 3. The molecule has 1 aliphatic rings. The SMILES string of the molecule is COC(=O)c1ccc(C)c(NC(=O)COC(=O)c2cc(Cl)c3c(c2)OCCCO3)c1. The van der Waals surface area contributed by atoms with E-state index in [1.807, 2.05) is 0 Å². The number of esters is 2. The van der Waals surface area contributed by atoms with Gasteiger partial charge in [0.15, 0.2) is 18.1 Å². The van der Waals surface area contributed by atoms with Gasteiger partial charge in [-0.1, -0.05) is 17.7 Å². The number of fused-ring (bicyclic) bond motifs is 1. The number of hydrogen-bond acceptors (Lipinski definition) is 7. The quantitative estimate of drug-likeness (QED) is 0.721. The van der Waals surface area contributed by atoms with E-state index in [4.69, 9.17) is 25.8 Å². The average Bonchev–Trinajstić information content (AvgIpc) is 2.99. The van der Waals surface area contributed by atoms with Gasteiger partial charge in [0.1, 0.15) is 0 Å². The van der Waals surface area contributed by atoms with E-state index in [1.165, 1.54) is 25.3 Å². The van der Waals surface area contributed by atoms with Crippen LogP contribution in [0.2, 0.25) is 5.02 Å². The van der Waals surface area contributed by atoms with Gasteiger partial charge in [0.2, 0.25) is 0 Å². The summed E-state index contributed by atoms with van der Waals surface area (Å²) in [5, 5.41) is 2.83. The fraction of sp³-hybridized carbons (Fsp3) is 0.286. The van der Waals surface area contributed by atoms with E-state index in [0.717, 1.165) is 5.56 Å². The minimum Gasteiger partial charge on any atom is -0.489 e. The lowest BCUT2D eigenvalue weighted by Gasteiger charge is -2.12. The second-order valence-electron chi connectivity index (χ2n) is 6.48. The Morgan fingerprint density at radius 1 is 1.07 bits per heavy atom. The number of benzene rings is 2. The summed E-state index contributed by atoms with van der Waals surface area (Å²) in [5.41, 5.74) is 1.58. The summed E-state index contributed by atoms with van der Waals surface area (Å²) in [6.45, 7) is 2.15. The van der Waals surface area contributed by atoms with Gasteiger partial charge < -0.3 is 24.3 Å². The molecular formula is C21H20ClNO7. The van der Waals surface area contributed by atoms with Crippen molar-refractivity contribution in [2.75, 3.05) is 32.2 Å². The highest BCUT2D eigenvalue weighted by Crippen LogP contribution is 2.38. The number of anilines is 1. The summed E-state index contributed by atoms with van der Waals surface area (Å²) in [5.74, 6) is -1.09. The van der Waals surface area contributed by atoms with E-state index in [1.54, 1.807) is 19.1 Å². The topological polar surface area (TPSA) is 100 Å². The number of methoxy groups -OCH3 is 1. The maximum atomic E-state index is 12.4. The van der Waals surface area contributed by atoms with Crippen LogP contribution in [-0.4, -0.2) is 44.8 Å². The molecule has 2 aromatic rings. The summed E-state index contributed by atoms with van der Waals surface area (Å²) >= 11 is 6.17. The highest BCUT2D eigenvalue weighted by Gasteiger charge is 2.20. The van der Waals surface area contributed by atoms with Gasteiger partial charge in [0.25, 0.3) is 5.91 Å². The first-order chi connectivity index (χ1) is 14.4. The van der Waals surface area contributed by atoms with E-state index in [0.29, 0.717) is 36.8 Å². The number of carbonyl (C=O) groups is 3. The number of ether oxygens (including phenoxy) is 4. The Kier molecular flexibility index (Phi) is 6.79. The van der Waals surface area contributed by atoms with Gasteiger partial charge in [-0.2, -0.15) is 0 Å². The van der Waals surface area contributed by atoms with Crippen LogP contribution in [0.4, 0.5) is 5.69 Å². The summed E-state index contributed by atoms with van der Waals surface area (Å²) in [6, 6.07) is 7.62. The minimum atomic E-state index is -0.734. The van der Waals surface area contributed by atoms with Crippen LogP contribution >= 0.6 is 11.6 Å². The Bertz CT molecular complexity index is 990. The zero-order chi connectivity index (χ0) is 21.7. The normalized spacial score (nSPS) is 12.5. The predicted molar refractivity (Wildman–Crippen MR) is 108 cm³/mol. The van der Waals surface area contributed by atoms with Gasteiger partial charge in [-0.3, -0.25) is 4.79 Å². The lowest BCUT2D eigenvalue weighted by atomic mass is 10.1. The van der Waals surface area contributed by atoms with E-state index in [9.17, 15) is 14.4 Å². The zero-order valence-electron chi connectivity index (χ0n) is 16.5. The molecule has 0 saturated heterocycles. The number of halogens is 1. The molecule has 1 amide bonds. The van der Waals surface area contributed by atoms with Crippen LogP contribution in [0.15, 0.2) is 30.3 Å². The van der Waals surface area contributed by atoms with E-state index >= 15 is 0 Å². The first kappa shape index (κ1) is 21.4. The van der Waals surface area contributed by atoms with Crippen molar-refractivity contribution in [3.63, 3.8) is 0 Å². The molecule has 1 N–H and O–H groups in total. The van der Waals surface area contributed by atoms with Gasteiger partial charge in [-0.15, -0.1) is 0 Å². The van der Waals surface area contributed by atoms with Crippen LogP contribution < -0.4 is 14.8 Å². The largest absolute Gasteiger partial charge is 0.489 e. The molecule has 0 atom stereocenters. The second kappa shape index (κ2) is 9.49. The zero-order valence-corrected chi connectivity index (χ0v) is 17.2. The lowest BCUT2D eigenvalue weighted by molar-refractivity contribution is -0.119. The molecule has 0 bridgehead atoms. The Morgan fingerprint density at radius 2 is 1.83 bits per heavy atom. The van der Waals surface area contributed by atoms with Crippen LogP contribution in [0.3, 0.4) is 0 Å². The first-order valence-electron chi connectivity index (χ1n) is 9.14. The van der Waals surface area contributed by atoms with Crippen LogP contribution in [0.1, 0.15) is 32.7 Å². The van der Waals surface area contributed by atoms with Crippen LogP contribution in [-0.2, 0) is 14.3 Å². The molecule has 1 aliphatic heterocycles. The molecule has 0 saturated carbocycles. The van der Waals surface area contributed by atoms with Gasteiger partial charge in [0.05, 0.1) is 36.5 Å². The first-order valence-corrected chi connectivity index (χ1v) is 9.52. The van der Waals surface area contributed by atoms with E-state index < -0.39 is 24.5 Å². The Morgan fingerprint density at radius 3 is 2.60 bits per heavy atom. The molecule has 3 rings (SSSR count). The Hall–Kier alpha value is -3.26. The number of hydrogen-bond donors (Lipinski definition) is 1. The monoisotopic (exact) mass is 433 g/mol. The second-order valence-corrected chi connectivity index (χ2v) is 6.89. The highest BCUT2D eigenvalue weighted by molar-refractivity contribution is 6.32. The maximum absolute atomic E-state index is 12.4. The van der Waals surface area contributed by atoms with Gasteiger partial charge in [-0.05, 0) is 36.8 Å². The molecular weight excluding hydrogens is 414 g/mol. The molecule has 158 valence electrons. The molecule has 30 heavy (non-hydrogen) atoms. The molecule has 0 aromatic heterocycles. The van der Waals surface area contributed by atoms with Crippen molar-refractivity contribution in [1.82, 2.24) is 0 Å². The van der Waals surface area contributed by atoms with Gasteiger partial charge >= 0.3 is 11.9 Å². The molecule has 0 unspecified atom stereocenters. The van der Waals surface area contributed by atoms with E-state index in [2.05, 4.69) is 10.1 Å². The molecule has 2 aromatic carbocycles. The third-order valence-corrected chi connectivity index (χ3v) is 4.59. The summed E-state index contributed by atoms with van der Waals surface area (Å²) in [7, 11) is 1.27. The standard InChI is InChI=1S/C21H20ClNO7/c1-12-4-5-13(20(25)27-2)9-16(12)23-18(24)11-30-21(26)14-8-15(22)19-17(10-14)28-6-3-7-29-19/h4-5,8-10H,3,6-7,11H2,1-2H3,(H,23,24). The van der Waals surface area contributed by atoms with Crippen molar-refractivity contribution in [2.45, 2.75) is 13.3 Å². The molecule has 0 radical (unpaired) electrons. The minimum absolute atomic E-state index is 0.140. The lowest BCUT2D eigenvalue weighted by Crippen LogP contribution is -2.21. The fourth-order valence-electron chi connectivity index (χ4n) is 2.75. The number of nitrogens with one attached hydrogen (secondary N) is 1. The molecule has 0 fully saturated rings. The average molecular weight is 434 g/mol. The summed E-state index contributed by atoms with van der Waals surface area (Å²) < 4.78 is 20.8. The Balaban J connectivity index is 1.64. The third kappa shape index (κ3) is 5.01. The number of rotatable bonds is 5. The van der Waals surface area contributed by atoms with Gasteiger partial charge in [0, 0.05) is 12.1 Å². The van der Waals surface area contributed by atoms with Crippen molar-refractivity contribution in [3.05, 3.63) is 52.0 Å². The smallest absolute Gasteiger partial charge is 0.338 e. The van der Waals surface area contributed by atoms with Crippen LogP contribution in [0.25, 0.3) is 0 Å². The van der Waals surface area contributed by atoms with Crippen LogP contribution in [0.5, 0.6) is 11.5 Å². The highest BCUT2D eigenvalue weighted by atomic mass is 35.5. The molecule has 0 spiro atoms. The molecule has 8 nitrogen and oxygen atoms in total. The van der Waals surface area contributed by atoms with Crippen molar-refractivity contribution < 1.29 is 33.3 Å². The summed E-state index contributed by atoms with van der Waals surface area (Å²) in [4.78, 5) is 36.2. The fourth-order valence-corrected chi connectivity index (χ4v) is 3.02. The summed E-state index contributed by atoms with van der Waals surface area (Å²) in [6.07, 6.45) is 0.696. The molecule has 0 aliphatic carbocycles. The van der Waals surface area contributed by atoms with Crippen molar-refractivity contribution in [3.8, 4) is 11.5 Å².